The third-order valence-electron chi connectivity index (χ3n) is 2.74. The summed E-state index contributed by atoms with van der Waals surface area (Å²) in [4.78, 5) is 12.7. The van der Waals surface area contributed by atoms with E-state index in [2.05, 4.69) is 32.3 Å². The minimum Gasteiger partial charge on any atom is -0.478 e. The van der Waals surface area contributed by atoms with Crippen molar-refractivity contribution in [1.82, 2.24) is 0 Å². The molecular formula is C16H21NO2. The standard InChI is InChI=1S/C16H21NO2/c1-5-12-17(16(2,3)4)14-9-6-13(7-10-14)8-11-15(18)19/h5-11H,1,12H2,2-4H3,(H,18,19)/b11-8+. The minimum absolute atomic E-state index is 0.00656. The van der Waals surface area contributed by atoms with Gasteiger partial charge in [0.05, 0.1) is 0 Å². The van der Waals surface area contributed by atoms with Gasteiger partial charge in [0, 0.05) is 23.8 Å². The lowest BCUT2D eigenvalue weighted by Crippen LogP contribution is -2.41. The summed E-state index contributed by atoms with van der Waals surface area (Å²) in [6, 6.07) is 7.82. The fourth-order valence-corrected chi connectivity index (χ4v) is 1.83. The van der Waals surface area contributed by atoms with Gasteiger partial charge in [-0.05, 0) is 44.5 Å². The molecule has 3 heteroatoms. The molecule has 0 spiro atoms. The molecule has 1 N–H and O–H groups in total. The van der Waals surface area contributed by atoms with Crippen LogP contribution < -0.4 is 4.90 Å². The normalized spacial score (nSPS) is 11.5. The van der Waals surface area contributed by atoms with Gasteiger partial charge in [0.2, 0.25) is 0 Å². The summed E-state index contributed by atoms with van der Waals surface area (Å²) in [6.07, 6.45) is 4.60. The maximum atomic E-state index is 10.5. The molecule has 0 amide bonds. The summed E-state index contributed by atoms with van der Waals surface area (Å²) in [6.45, 7) is 11.0. The Morgan fingerprint density at radius 2 is 1.89 bits per heavy atom. The van der Waals surface area contributed by atoms with Crippen LogP contribution in [0.15, 0.2) is 43.0 Å². The summed E-state index contributed by atoms with van der Waals surface area (Å²) >= 11 is 0. The predicted molar refractivity (Wildman–Crippen MR) is 80.4 cm³/mol. The molecule has 1 aromatic carbocycles. The number of hydrogen-bond donors (Lipinski definition) is 1. The number of benzene rings is 1. The second-order valence-corrected chi connectivity index (χ2v) is 5.33. The lowest BCUT2D eigenvalue weighted by atomic mass is 10.0. The molecule has 19 heavy (non-hydrogen) atoms. The quantitative estimate of drug-likeness (QED) is 0.649. The SMILES string of the molecule is C=CCN(c1ccc(/C=C/C(=O)O)cc1)C(C)(C)C. The molecule has 1 aromatic rings. The zero-order valence-corrected chi connectivity index (χ0v) is 11.8. The van der Waals surface area contributed by atoms with Crippen LogP contribution in [-0.2, 0) is 4.79 Å². The molecule has 3 nitrogen and oxygen atoms in total. The Hall–Kier alpha value is -2.03. The molecule has 0 saturated heterocycles. The zero-order chi connectivity index (χ0) is 14.5. The van der Waals surface area contributed by atoms with Crippen LogP contribution >= 0.6 is 0 Å². The highest BCUT2D eigenvalue weighted by atomic mass is 16.4. The molecule has 0 aliphatic heterocycles. The second kappa shape index (κ2) is 6.23. The van der Waals surface area contributed by atoms with Gasteiger partial charge in [-0.15, -0.1) is 6.58 Å². The molecule has 0 fully saturated rings. The first kappa shape index (κ1) is 15.0. The zero-order valence-electron chi connectivity index (χ0n) is 11.8. The number of aliphatic carboxylic acids is 1. The van der Waals surface area contributed by atoms with Crippen molar-refractivity contribution in [1.29, 1.82) is 0 Å². The van der Waals surface area contributed by atoms with Crippen molar-refractivity contribution >= 4 is 17.7 Å². The molecule has 1 rings (SSSR count). The summed E-state index contributed by atoms with van der Waals surface area (Å²) < 4.78 is 0. The van der Waals surface area contributed by atoms with E-state index in [9.17, 15) is 4.79 Å². The van der Waals surface area contributed by atoms with Crippen LogP contribution in [0.25, 0.3) is 6.08 Å². The monoisotopic (exact) mass is 259 g/mol. The number of carboxylic acids is 1. The van der Waals surface area contributed by atoms with Crippen molar-refractivity contribution in [3.8, 4) is 0 Å². The molecule has 0 saturated carbocycles. The first-order valence-electron chi connectivity index (χ1n) is 6.24. The van der Waals surface area contributed by atoms with Crippen molar-refractivity contribution in [2.75, 3.05) is 11.4 Å². The molecule has 0 aliphatic carbocycles. The van der Waals surface area contributed by atoms with Crippen LogP contribution in [0.3, 0.4) is 0 Å². The summed E-state index contributed by atoms with van der Waals surface area (Å²) in [7, 11) is 0. The summed E-state index contributed by atoms with van der Waals surface area (Å²) in [5.41, 5.74) is 1.98. The van der Waals surface area contributed by atoms with E-state index >= 15 is 0 Å². The molecular weight excluding hydrogens is 238 g/mol. The first-order valence-corrected chi connectivity index (χ1v) is 6.24. The van der Waals surface area contributed by atoms with E-state index in [-0.39, 0.29) is 5.54 Å². The van der Waals surface area contributed by atoms with E-state index in [0.717, 1.165) is 23.9 Å². The van der Waals surface area contributed by atoms with Crippen molar-refractivity contribution in [2.45, 2.75) is 26.3 Å². The maximum Gasteiger partial charge on any atom is 0.328 e. The van der Waals surface area contributed by atoms with Crippen LogP contribution in [0.2, 0.25) is 0 Å². The van der Waals surface area contributed by atoms with Gasteiger partial charge in [-0.25, -0.2) is 4.79 Å². The predicted octanol–water partition coefficient (Wildman–Crippen LogP) is 3.58. The van der Waals surface area contributed by atoms with Crippen LogP contribution in [0, 0.1) is 0 Å². The van der Waals surface area contributed by atoms with Crippen LogP contribution in [0.4, 0.5) is 5.69 Å². The van der Waals surface area contributed by atoms with Gasteiger partial charge in [-0.2, -0.15) is 0 Å². The van der Waals surface area contributed by atoms with Gasteiger partial charge < -0.3 is 10.0 Å². The average Bonchev–Trinajstić information content (AvgIpc) is 2.33. The maximum absolute atomic E-state index is 10.5. The van der Waals surface area contributed by atoms with E-state index in [0.29, 0.717) is 0 Å². The molecule has 0 aromatic heterocycles. The van der Waals surface area contributed by atoms with E-state index in [1.807, 2.05) is 30.3 Å². The van der Waals surface area contributed by atoms with Crippen LogP contribution in [0.5, 0.6) is 0 Å². The number of carbonyl (C=O) groups is 1. The lowest BCUT2D eigenvalue weighted by Gasteiger charge is -2.37. The molecule has 0 unspecified atom stereocenters. The van der Waals surface area contributed by atoms with E-state index in [1.54, 1.807) is 6.08 Å². The fraction of sp³-hybridized carbons (Fsp3) is 0.312. The van der Waals surface area contributed by atoms with E-state index in [1.165, 1.54) is 0 Å². The highest BCUT2D eigenvalue weighted by Gasteiger charge is 2.20. The Balaban J connectivity index is 2.95. The lowest BCUT2D eigenvalue weighted by molar-refractivity contribution is -0.131. The smallest absolute Gasteiger partial charge is 0.328 e. The van der Waals surface area contributed by atoms with Gasteiger partial charge >= 0.3 is 5.97 Å². The number of carboxylic acid groups (broad SMARTS) is 1. The summed E-state index contributed by atoms with van der Waals surface area (Å²) in [5, 5.41) is 8.59. The molecule has 0 heterocycles. The Morgan fingerprint density at radius 3 is 2.32 bits per heavy atom. The highest BCUT2D eigenvalue weighted by molar-refractivity contribution is 5.85. The summed E-state index contributed by atoms with van der Waals surface area (Å²) in [5.74, 6) is -0.938. The van der Waals surface area contributed by atoms with Crippen molar-refractivity contribution in [3.63, 3.8) is 0 Å². The highest BCUT2D eigenvalue weighted by Crippen LogP contribution is 2.24. The Morgan fingerprint density at radius 1 is 1.32 bits per heavy atom. The second-order valence-electron chi connectivity index (χ2n) is 5.33. The van der Waals surface area contributed by atoms with Gasteiger partial charge in [-0.3, -0.25) is 0 Å². The Labute approximate surface area is 114 Å². The Kier molecular flexibility index (Phi) is 4.93. The molecule has 0 radical (unpaired) electrons. The van der Waals surface area contributed by atoms with Gasteiger partial charge in [0.25, 0.3) is 0 Å². The molecule has 0 bridgehead atoms. The number of nitrogens with zero attached hydrogens (tertiary/aromatic N) is 1. The minimum atomic E-state index is -0.938. The van der Waals surface area contributed by atoms with E-state index in [4.69, 9.17) is 5.11 Å². The number of hydrogen-bond acceptors (Lipinski definition) is 2. The third kappa shape index (κ3) is 4.62. The van der Waals surface area contributed by atoms with Crippen molar-refractivity contribution in [2.24, 2.45) is 0 Å². The Bertz CT molecular complexity index is 467. The van der Waals surface area contributed by atoms with Gasteiger partial charge in [0.1, 0.15) is 0 Å². The van der Waals surface area contributed by atoms with Gasteiger partial charge in [0.15, 0.2) is 0 Å². The number of anilines is 1. The third-order valence-corrected chi connectivity index (χ3v) is 2.74. The molecule has 0 aliphatic rings. The van der Waals surface area contributed by atoms with E-state index < -0.39 is 5.97 Å². The molecule has 102 valence electrons. The van der Waals surface area contributed by atoms with Crippen molar-refractivity contribution in [3.05, 3.63) is 48.6 Å². The van der Waals surface area contributed by atoms with Crippen molar-refractivity contribution < 1.29 is 9.90 Å². The van der Waals surface area contributed by atoms with Gasteiger partial charge in [-0.1, -0.05) is 18.2 Å². The molecule has 0 atom stereocenters. The van der Waals surface area contributed by atoms with Crippen LogP contribution in [-0.4, -0.2) is 23.2 Å². The number of rotatable bonds is 5. The van der Waals surface area contributed by atoms with Crippen LogP contribution in [0.1, 0.15) is 26.3 Å². The topological polar surface area (TPSA) is 40.5 Å². The first-order chi connectivity index (χ1) is 8.84. The average molecular weight is 259 g/mol. The fourth-order valence-electron chi connectivity index (χ4n) is 1.83. The largest absolute Gasteiger partial charge is 0.478 e.